The number of hydrogen-bond donors (Lipinski definition) is 1. The molecule has 0 saturated heterocycles. The fourth-order valence-corrected chi connectivity index (χ4v) is 1.76. The predicted octanol–water partition coefficient (Wildman–Crippen LogP) is 1.74. The molecular weight excluding hydrogens is 170 g/mol. The van der Waals surface area contributed by atoms with Gasteiger partial charge in [-0.15, -0.1) is 11.3 Å². The fraction of sp³-hybridized carbons (Fsp3) is 0.444. The highest BCUT2D eigenvalue weighted by molar-refractivity contribution is 7.10. The zero-order valence-corrected chi connectivity index (χ0v) is 8.20. The van der Waals surface area contributed by atoms with Crippen molar-refractivity contribution in [2.24, 2.45) is 0 Å². The van der Waals surface area contributed by atoms with Gasteiger partial charge < -0.3 is 5.32 Å². The van der Waals surface area contributed by atoms with Crippen LogP contribution in [0, 0.1) is 6.92 Å². The van der Waals surface area contributed by atoms with Gasteiger partial charge >= 0.3 is 0 Å². The Balaban J connectivity index is 2.52. The van der Waals surface area contributed by atoms with Crippen LogP contribution in [0.25, 0.3) is 0 Å². The molecule has 0 saturated carbocycles. The molecule has 1 N–H and O–H groups in total. The summed E-state index contributed by atoms with van der Waals surface area (Å²) in [5.41, 5.74) is 1.14. The van der Waals surface area contributed by atoms with Crippen LogP contribution in [0.15, 0.2) is 11.4 Å². The molecule has 0 spiro atoms. The Morgan fingerprint density at radius 2 is 2.42 bits per heavy atom. The van der Waals surface area contributed by atoms with E-state index in [1.807, 2.05) is 25.3 Å². The molecule has 66 valence electrons. The number of carbonyl (C=O) groups excluding carboxylic acids is 1. The van der Waals surface area contributed by atoms with Crippen LogP contribution in [-0.4, -0.2) is 12.5 Å². The van der Waals surface area contributed by atoms with Crippen molar-refractivity contribution < 1.29 is 4.79 Å². The average Bonchev–Trinajstić information content (AvgIpc) is 2.37. The summed E-state index contributed by atoms with van der Waals surface area (Å²) in [6, 6.07) is 2.01. The molecule has 1 amide bonds. The zero-order valence-electron chi connectivity index (χ0n) is 7.39. The summed E-state index contributed by atoms with van der Waals surface area (Å²) < 4.78 is 0. The standard InChI is InChI=1S/C9H13NOS/c1-3-10-9(11)6-8-4-5-12-7(8)2/h4-5H,3,6H2,1-2H3,(H,10,11). The van der Waals surface area contributed by atoms with Gasteiger partial charge in [0.1, 0.15) is 0 Å². The molecule has 0 fully saturated rings. The molecule has 1 heterocycles. The molecule has 12 heavy (non-hydrogen) atoms. The van der Waals surface area contributed by atoms with E-state index in [9.17, 15) is 4.79 Å². The lowest BCUT2D eigenvalue weighted by Crippen LogP contribution is -2.24. The van der Waals surface area contributed by atoms with Crippen molar-refractivity contribution in [2.45, 2.75) is 20.3 Å². The van der Waals surface area contributed by atoms with Crippen LogP contribution in [0.2, 0.25) is 0 Å². The monoisotopic (exact) mass is 183 g/mol. The Morgan fingerprint density at radius 1 is 1.67 bits per heavy atom. The van der Waals surface area contributed by atoms with E-state index in [0.29, 0.717) is 13.0 Å². The SMILES string of the molecule is CCNC(=O)Cc1ccsc1C. The van der Waals surface area contributed by atoms with Gasteiger partial charge in [-0.25, -0.2) is 0 Å². The van der Waals surface area contributed by atoms with E-state index < -0.39 is 0 Å². The van der Waals surface area contributed by atoms with Gasteiger partial charge in [-0.3, -0.25) is 4.79 Å². The van der Waals surface area contributed by atoms with Crippen molar-refractivity contribution in [1.29, 1.82) is 0 Å². The normalized spacial score (nSPS) is 9.83. The third kappa shape index (κ3) is 2.34. The summed E-state index contributed by atoms with van der Waals surface area (Å²) >= 11 is 1.68. The second-order valence-corrected chi connectivity index (χ2v) is 3.75. The Morgan fingerprint density at radius 3 is 2.92 bits per heavy atom. The van der Waals surface area contributed by atoms with E-state index in [-0.39, 0.29) is 5.91 Å². The molecular formula is C9H13NOS. The number of likely N-dealkylation sites (N-methyl/N-ethyl adjacent to an activating group) is 1. The second-order valence-electron chi connectivity index (χ2n) is 2.63. The molecule has 0 bridgehead atoms. The molecule has 0 unspecified atom stereocenters. The molecule has 0 atom stereocenters. The maximum atomic E-state index is 11.2. The summed E-state index contributed by atoms with van der Waals surface area (Å²) in [4.78, 5) is 12.4. The lowest BCUT2D eigenvalue weighted by atomic mass is 10.2. The van der Waals surface area contributed by atoms with Gasteiger partial charge in [0.15, 0.2) is 0 Å². The van der Waals surface area contributed by atoms with Crippen molar-refractivity contribution in [3.05, 3.63) is 21.9 Å². The zero-order chi connectivity index (χ0) is 8.97. The number of amides is 1. The lowest BCUT2D eigenvalue weighted by Gasteiger charge is -2.00. The Kier molecular flexibility index (Phi) is 3.29. The summed E-state index contributed by atoms with van der Waals surface area (Å²) in [5.74, 6) is 0.110. The molecule has 1 rings (SSSR count). The Labute approximate surface area is 76.6 Å². The predicted molar refractivity (Wildman–Crippen MR) is 51.4 cm³/mol. The Bertz CT molecular complexity index is 267. The molecule has 0 radical (unpaired) electrons. The summed E-state index contributed by atoms with van der Waals surface area (Å²) in [5, 5.41) is 4.79. The minimum absolute atomic E-state index is 0.110. The van der Waals surface area contributed by atoms with Crippen molar-refractivity contribution in [3.63, 3.8) is 0 Å². The van der Waals surface area contributed by atoms with Gasteiger partial charge in [0, 0.05) is 11.4 Å². The van der Waals surface area contributed by atoms with E-state index >= 15 is 0 Å². The average molecular weight is 183 g/mol. The maximum Gasteiger partial charge on any atom is 0.224 e. The summed E-state index contributed by atoms with van der Waals surface area (Å²) in [6.07, 6.45) is 0.517. The van der Waals surface area contributed by atoms with Crippen molar-refractivity contribution in [3.8, 4) is 0 Å². The fourth-order valence-electron chi connectivity index (χ4n) is 1.03. The maximum absolute atomic E-state index is 11.2. The minimum atomic E-state index is 0.110. The molecule has 2 nitrogen and oxygen atoms in total. The van der Waals surface area contributed by atoms with E-state index in [0.717, 1.165) is 5.56 Å². The summed E-state index contributed by atoms with van der Waals surface area (Å²) in [7, 11) is 0. The van der Waals surface area contributed by atoms with Gasteiger partial charge in [-0.2, -0.15) is 0 Å². The van der Waals surface area contributed by atoms with E-state index in [1.54, 1.807) is 11.3 Å². The Hall–Kier alpha value is -0.830. The number of hydrogen-bond acceptors (Lipinski definition) is 2. The molecule has 3 heteroatoms. The van der Waals surface area contributed by atoms with Crippen molar-refractivity contribution in [2.75, 3.05) is 6.54 Å². The number of thiophene rings is 1. The van der Waals surface area contributed by atoms with Crippen LogP contribution >= 0.6 is 11.3 Å². The van der Waals surface area contributed by atoms with Crippen molar-refractivity contribution in [1.82, 2.24) is 5.32 Å². The third-order valence-corrected chi connectivity index (χ3v) is 2.58. The van der Waals surface area contributed by atoms with E-state index in [2.05, 4.69) is 5.32 Å². The van der Waals surface area contributed by atoms with Crippen LogP contribution in [0.4, 0.5) is 0 Å². The smallest absolute Gasteiger partial charge is 0.224 e. The van der Waals surface area contributed by atoms with Crippen LogP contribution in [0.3, 0.4) is 0 Å². The molecule has 0 aromatic carbocycles. The third-order valence-electron chi connectivity index (χ3n) is 1.69. The molecule has 0 aliphatic rings. The van der Waals surface area contributed by atoms with Gasteiger partial charge in [0.2, 0.25) is 5.91 Å². The molecule has 0 aliphatic carbocycles. The topological polar surface area (TPSA) is 29.1 Å². The van der Waals surface area contributed by atoms with Gasteiger partial charge in [0.25, 0.3) is 0 Å². The summed E-state index contributed by atoms with van der Waals surface area (Å²) in [6.45, 7) is 4.68. The van der Waals surface area contributed by atoms with Crippen LogP contribution in [0.5, 0.6) is 0 Å². The lowest BCUT2D eigenvalue weighted by molar-refractivity contribution is -0.120. The highest BCUT2D eigenvalue weighted by Crippen LogP contribution is 2.15. The molecule has 0 aliphatic heterocycles. The molecule has 1 aromatic heterocycles. The number of rotatable bonds is 3. The van der Waals surface area contributed by atoms with Crippen LogP contribution in [0.1, 0.15) is 17.4 Å². The van der Waals surface area contributed by atoms with Gasteiger partial charge in [-0.1, -0.05) is 0 Å². The van der Waals surface area contributed by atoms with E-state index in [4.69, 9.17) is 0 Å². The van der Waals surface area contributed by atoms with Gasteiger partial charge in [0.05, 0.1) is 6.42 Å². The first-order chi connectivity index (χ1) is 5.74. The number of aryl methyl sites for hydroxylation is 1. The van der Waals surface area contributed by atoms with Crippen LogP contribution < -0.4 is 5.32 Å². The minimum Gasteiger partial charge on any atom is -0.356 e. The highest BCUT2D eigenvalue weighted by atomic mass is 32.1. The first kappa shape index (κ1) is 9.26. The second kappa shape index (κ2) is 4.26. The molecule has 1 aromatic rings. The quantitative estimate of drug-likeness (QED) is 0.759. The van der Waals surface area contributed by atoms with Crippen LogP contribution in [-0.2, 0) is 11.2 Å². The van der Waals surface area contributed by atoms with E-state index in [1.165, 1.54) is 4.88 Å². The number of carbonyl (C=O) groups is 1. The number of nitrogens with one attached hydrogen (secondary N) is 1. The first-order valence-corrected chi connectivity index (χ1v) is 4.91. The van der Waals surface area contributed by atoms with Crippen molar-refractivity contribution >= 4 is 17.2 Å². The largest absolute Gasteiger partial charge is 0.356 e. The van der Waals surface area contributed by atoms with Gasteiger partial charge in [-0.05, 0) is 30.9 Å². The first-order valence-electron chi connectivity index (χ1n) is 4.03. The highest BCUT2D eigenvalue weighted by Gasteiger charge is 2.04.